The summed E-state index contributed by atoms with van der Waals surface area (Å²) in [5.41, 5.74) is 1.68. The highest BCUT2D eigenvalue weighted by atomic mass is 35.5. The number of benzene rings is 2. The summed E-state index contributed by atoms with van der Waals surface area (Å²) < 4.78 is 11.8. The fourth-order valence-corrected chi connectivity index (χ4v) is 3.98. The van der Waals surface area contributed by atoms with E-state index in [0.717, 1.165) is 11.1 Å². The van der Waals surface area contributed by atoms with E-state index >= 15 is 0 Å². The molecule has 1 amide bonds. The van der Waals surface area contributed by atoms with Crippen LogP contribution in [0.2, 0.25) is 10.0 Å². The van der Waals surface area contributed by atoms with Crippen LogP contribution in [-0.4, -0.2) is 29.3 Å². The van der Waals surface area contributed by atoms with Crippen LogP contribution >= 0.6 is 47.2 Å². The minimum Gasteiger partial charge on any atom is -0.493 e. The van der Waals surface area contributed by atoms with Gasteiger partial charge in [-0.15, -0.1) is 0 Å². The molecule has 1 saturated heterocycles. The number of thiocarbonyl (C=S) groups is 1. The van der Waals surface area contributed by atoms with Crippen LogP contribution in [0.25, 0.3) is 6.08 Å². The summed E-state index contributed by atoms with van der Waals surface area (Å²) in [7, 11) is 3.19. The molecule has 1 aliphatic rings. The van der Waals surface area contributed by atoms with Crippen LogP contribution in [-0.2, 0) is 11.4 Å². The van der Waals surface area contributed by atoms with Crippen molar-refractivity contribution < 1.29 is 14.3 Å². The molecule has 0 bridgehead atoms. The van der Waals surface area contributed by atoms with E-state index in [0.29, 0.717) is 37.4 Å². The Labute approximate surface area is 177 Å². The van der Waals surface area contributed by atoms with Gasteiger partial charge in [-0.1, -0.05) is 59.3 Å². The monoisotopic (exact) mass is 439 g/mol. The standard InChI is InChI=1S/C19H15Cl2NO3S2/c1-22-18(23)16(27-19(22)26)9-12-7-14(21)17(15(8-12)24-2)25-10-11-3-5-13(20)6-4-11/h3-9H,10H2,1-2H3/b16-9+. The Hall–Kier alpha value is -1.73. The second-order valence-corrected chi connectivity index (χ2v) is 8.21. The highest BCUT2D eigenvalue weighted by Crippen LogP contribution is 2.39. The van der Waals surface area contributed by atoms with E-state index in [-0.39, 0.29) is 5.91 Å². The number of rotatable bonds is 5. The number of ether oxygens (including phenoxy) is 2. The Morgan fingerprint density at radius 3 is 2.52 bits per heavy atom. The molecule has 0 atom stereocenters. The minimum absolute atomic E-state index is 0.136. The fourth-order valence-electron chi connectivity index (χ4n) is 2.40. The van der Waals surface area contributed by atoms with Crippen LogP contribution in [0.15, 0.2) is 41.3 Å². The van der Waals surface area contributed by atoms with Gasteiger partial charge in [-0.3, -0.25) is 9.69 Å². The van der Waals surface area contributed by atoms with Crippen molar-refractivity contribution in [1.82, 2.24) is 4.90 Å². The predicted molar refractivity (Wildman–Crippen MR) is 115 cm³/mol. The maximum atomic E-state index is 12.2. The molecule has 3 rings (SSSR count). The van der Waals surface area contributed by atoms with E-state index in [4.69, 9.17) is 44.9 Å². The molecule has 1 aliphatic heterocycles. The van der Waals surface area contributed by atoms with Crippen molar-refractivity contribution in [3.63, 3.8) is 0 Å². The molecule has 8 heteroatoms. The molecule has 140 valence electrons. The Kier molecular flexibility index (Phi) is 6.32. The van der Waals surface area contributed by atoms with Crippen LogP contribution in [0, 0.1) is 0 Å². The first-order valence-electron chi connectivity index (χ1n) is 7.85. The molecule has 0 radical (unpaired) electrons. The molecule has 0 spiro atoms. The van der Waals surface area contributed by atoms with Gasteiger partial charge in [-0.05, 0) is 41.5 Å². The van der Waals surface area contributed by atoms with Gasteiger partial charge in [0.25, 0.3) is 5.91 Å². The van der Waals surface area contributed by atoms with E-state index < -0.39 is 0 Å². The highest BCUT2D eigenvalue weighted by molar-refractivity contribution is 8.26. The molecule has 27 heavy (non-hydrogen) atoms. The zero-order chi connectivity index (χ0) is 19.6. The number of hydrogen-bond donors (Lipinski definition) is 0. The lowest BCUT2D eigenvalue weighted by atomic mass is 10.1. The van der Waals surface area contributed by atoms with Gasteiger partial charge < -0.3 is 9.47 Å². The zero-order valence-electron chi connectivity index (χ0n) is 14.5. The second kappa shape index (κ2) is 8.52. The van der Waals surface area contributed by atoms with Gasteiger partial charge in [-0.25, -0.2) is 0 Å². The summed E-state index contributed by atoms with van der Waals surface area (Å²) in [6, 6.07) is 10.8. The average molecular weight is 440 g/mol. The molecule has 0 saturated carbocycles. The largest absolute Gasteiger partial charge is 0.493 e. The van der Waals surface area contributed by atoms with E-state index in [1.165, 1.54) is 23.8 Å². The maximum absolute atomic E-state index is 12.2. The van der Waals surface area contributed by atoms with Gasteiger partial charge in [0.1, 0.15) is 10.9 Å². The van der Waals surface area contributed by atoms with Crippen molar-refractivity contribution >= 4 is 63.5 Å². The Morgan fingerprint density at radius 2 is 1.93 bits per heavy atom. The van der Waals surface area contributed by atoms with Crippen molar-refractivity contribution in [2.75, 3.05) is 14.2 Å². The summed E-state index contributed by atoms with van der Waals surface area (Å²) in [6.07, 6.45) is 1.74. The molecule has 0 unspecified atom stereocenters. The molecule has 2 aromatic rings. The van der Waals surface area contributed by atoms with Gasteiger partial charge in [-0.2, -0.15) is 0 Å². The van der Waals surface area contributed by atoms with E-state index in [2.05, 4.69) is 0 Å². The number of hydrogen-bond acceptors (Lipinski definition) is 5. The lowest BCUT2D eigenvalue weighted by Crippen LogP contribution is -2.22. The van der Waals surface area contributed by atoms with Crippen molar-refractivity contribution in [2.24, 2.45) is 0 Å². The number of carbonyl (C=O) groups excluding carboxylic acids is 1. The van der Waals surface area contributed by atoms with E-state index in [1.807, 2.05) is 12.1 Å². The summed E-state index contributed by atoms with van der Waals surface area (Å²) >= 11 is 18.7. The average Bonchev–Trinajstić information content (AvgIpc) is 2.88. The van der Waals surface area contributed by atoms with Crippen molar-refractivity contribution in [3.8, 4) is 11.5 Å². The van der Waals surface area contributed by atoms with Crippen LogP contribution in [0.5, 0.6) is 11.5 Å². The van der Waals surface area contributed by atoms with E-state index in [9.17, 15) is 4.79 Å². The molecule has 1 heterocycles. The van der Waals surface area contributed by atoms with Gasteiger partial charge in [0.05, 0.1) is 17.0 Å². The third kappa shape index (κ3) is 4.58. The molecule has 2 aromatic carbocycles. The number of nitrogens with zero attached hydrogens (tertiary/aromatic N) is 1. The van der Waals surface area contributed by atoms with Gasteiger partial charge in [0.15, 0.2) is 11.5 Å². The third-order valence-electron chi connectivity index (χ3n) is 3.83. The van der Waals surface area contributed by atoms with Crippen LogP contribution in [0.1, 0.15) is 11.1 Å². The molecule has 0 aliphatic carbocycles. The van der Waals surface area contributed by atoms with E-state index in [1.54, 1.807) is 37.4 Å². The number of carbonyl (C=O) groups is 1. The lowest BCUT2D eigenvalue weighted by molar-refractivity contribution is -0.121. The number of methoxy groups -OCH3 is 1. The number of halogens is 2. The Balaban J connectivity index is 1.84. The normalized spacial score (nSPS) is 15.6. The van der Waals surface area contributed by atoms with Crippen molar-refractivity contribution in [1.29, 1.82) is 0 Å². The Bertz CT molecular complexity index is 929. The topological polar surface area (TPSA) is 38.8 Å². The lowest BCUT2D eigenvalue weighted by Gasteiger charge is -2.13. The van der Waals surface area contributed by atoms with Crippen LogP contribution < -0.4 is 9.47 Å². The van der Waals surface area contributed by atoms with Crippen LogP contribution in [0.4, 0.5) is 0 Å². The first-order valence-corrected chi connectivity index (χ1v) is 9.83. The third-order valence-corrected chi connectivity index (χ3v) is 5.85. The van der Waals surface area contributed by atoms with Gasteiger partial charge in [0.2, 0.25) is 0 Å². The fraction of sp³-hybridized carbons (Fsp3) is 0.158. The second-order valence-electron chi connectivity index (χ2n) is 5.69. The zero-order valence-corrected chi connectivity index (χ0v) is 17.6. The number of likely N-dealkylation sites (N-methyl/N-ethyl adjacent to an activating group) is 1. The van der Waals surface area contributed by atoms with Gasteiger partial charge >= 0.3 is 0 Å². The first kappa shape index (κ1) is 20.0. The van der Waals surface area contributed by atoms with Crippen molar-refractivity contribution in [3.05, 3.63) is 62.5 Å². The minimum atomic E-state index is -0.136. The number of amides is 1. The van der Waals surface area contributed by atoms with Crippen LogP contribution in [0.3, 0.4) is 0 Å². The molecule has 0 aromatic heterocycles. The highest BCUT2D eigenvalue weighted by Gasteiger charge is 2.28. The summed E-state index contributed by atoms with van der Waals surface area (Å²) in [6.45, 7) is 0.321. The molecular weight excluding hydrogens is 425 g/mol. The Morgan fingerprint density at radius 1 is 1.22 bits per heavy atom. The molecular formula is C19H15Cl2NO3S2. The SMILES string of the molecule is COc1cc(/C=C2/SC(=S)N(C)C2=O)cc(Cl)c1OCc1ccc(Cl)cc1. The van der Waals surface area contributed by atoms with Crippen molar-refractivity contribution in [2.45, 2.75) is 6.61 Å². The molecule has 4 nitrogen and oxygen atoms in total. The molecule has 0 N–H and O–H groups in total. The summed E-state index contributed by atoms with van der Waals surface area (Å²) in [5.74, 6) is 0.784. The van der Waals surface area contributed by atoms with Gasteiger partial charge in [0, 0.05) is 12.1 Å². The number of thioether (sulfide) groups is 1. The quantitative estimate of drug-likeness (QED) is 0.459. The summed E-state index contributed by atoms with van der Waals surface area (Å²) in [4.78, 5) is 14.1. The smallest absolute Gasteiger partial charge is 0.265 e. The predicted octanol–water partition coefficient (Wildman–Crippen LogP) is 5.41. The first-order chi connectivity index (χ1) is 12.9. The summed E-state index contributed by atoms with van der Waals surface area (Å²) in [5, 5.41) is 1.05. The maximum Gasteiger partial charge on any atom is 0.265 e. The molecule has 1 fully saturated rings.